The van der Waals surface area contributed by atoms with Gasteiger partial charge in [0.15, 0.2) is 0 Å². The molecule has 3 N–H and O–H groups in total. The van der Waals surface area contributed by atoms with Crippen LogP contribution in [0.25, 0.3) is 0 Å². The van der Waals surface area contributed by atoms with E-state index < -0.39 is 0 Å². The molecular weight excluding hydrogens is 150 g/mol. The topological polar surface area (TPSA) is 46.2 Å². The fourth-order valence-electron chi connectivity index (χ4n) is 1.24. The number of benzene rings is 1. The summed E-state index contributed by atoms with van der Waals surface area (Å²) >= 11 is 0. The summed E-state index contributed by atoms with van der Waals surface area (Å²) in [6, 6.07) is 7.68. The van der Waals surface area contributed by atoms with E-state index in [-0.39, 0.29) is 12.5 Å². The second kappa shape index (κ2) is 4.12. The average Bonchev–Trinajstić information content (AvgIpc) is 2.10. The lowest BCUT2D eigenvalue weighted by atomic mass is 9.97. The monoisotopic (exact) mass is 165 g/mol. The number of hydrogen-bond donors (Lipinski definition) is 2. The van der Waals surface area contributed by atoms with Crippen molar-refractivity contribution in [2.24, 2.45) is 0 Å². The van der Waals surface area contributed by atoms with Crippen molar-refractivity contribution < 1.29 is 5.11 Å². The molecule has 0 spiro atoms. The van der Waals surface area contributed by atoms with Crippen LogP contribution in [0.4, 0.5) is 5.69 Å². The lowest BCUT2D eigenvalue weighted by Crippen LogP contribution is -2.02. The van der Waals surface area contributed by atoms with Crippen LogP contribution < -0.4 is 5.73 Å². The Bertz CT molecular complexity index is 226. The predicted molar refractivity (Wildman–Crippen MR) is 51.0 cm³/mol. The van der Waals surface area contributed by atoms with Gasteiger partial charge in [-0.2, -0.15) is 0 Å². The first-order chi connectivity index (χ1) is 5.77. The Balaban J connectivity index is 2.80. The van der Waals surface area contributed by atoms with Crippen LogP contribution in [-0.2, 0) is 0 Å². The van der Waals surface area contributed by atoms with Crippen LogP contribution in [0.1, 0.15) is 24.8 Å². The molecule has 2 heteroatoms. The van der Waals surface area contributed by atoms with Gasteiger partial charge < -0.3 is 10.8 Å². The lowest BCUT2D eigenvalue weighted by Gasteiger charge is -2.11. The highest BCUT2D eigenvalue weighted by molar-refractivity contribution is 5.40. The highest BCUT2D eigenvalue weighted by atomic mass is 16.3. The molecule has 0 radical (unpaired) electrons. The van der Waals surface area contributed by atoms with Gasteiger partial charge in [-0.25, -0.2) is 0 Å². The van der Waals surface area contributed by atoms with Gasteiger partial charge >= 0.3 is 0 Å². The molecule has 0 aromatic heterocycles. The van der Waals surface area contributed by atoms with E-state index in [1.807, 2.05) is 24.3 Å². The molecule has 66 valence electrons. The number of nitrogens with two attached hydrogens (primary N) is 1. The maximum Gasteiger partial charge on any atom is 0.0499 e. The fraction of sp³-hybridized carbons (Fsp3) is 0.400. The van der Waals surface area contributed by atoms with Crippen molar-refractivity contribution in [2.45, 2.75) is 19.3 Å². The van der Waals surface area contributed by atoms with Gasteiger partial charge in [0, 0.05) is 18.2 Å². The number of anilines is 1. The predicted octanol–water partition coefficient (Wildman–Crippen LogP) is 1.75. The summed E-state index contributed by atoms with van der Waals surface area (Å²) in [5.74, 6) is 0.255. The maximum absolute atomic E-state index is 9.02. The largest absolute Gasteiger partial charge is 0.399 e. The van der Waals surface area contributed by atoms with Crippen molar-refractivity contribution in [1.82, 2.24) is 0 Å². The average molecular weight is 165 g/mol. The number of rotatable bonds is 3. The minimum absolute atomic E-state index is 0.209. The lowest BCUT2D eigenvalue weighted by molar-refractivity contribution is 0.262. The van der Waals surface area contributed by atoms with Gasteiger partial charge in [-0.15, -0.1) is 0 Å². The number of aliphatic hydroxyl groups is 1. The molecule has 1 atom stereocenters. The summed E-state index contributed by atoms with van der Waals surface area (Å²) < 4.78 is 0. The van der Waals surface area contributed by atoms with Gasteiger partial charge in [0.25, 0.3) is 0 Å². The third-order valence-corrected chi connectivity index (χ3v) is 2.12. The molecule has 0 bridgehead atoms. The minimum atomic E-state index is 0.209. The molecule has 0 aliphatic rings. The third kappa shape index (κ3) is 1.98. The summed E-state index contributed by atoms with van der Waals surface area (Å²) in [5, 5.41) is 9.02. The molecule has 0 aliphatic carbocycles. The van der Waals surface area contributed by atoms with Gasteiger partial charge in [-0.3, -0.25) is 0 Å². The van der Waals surface area contributed by atoms with Crippen LogP contribution in [0.5, 0.6) is 0 Å². The quantitative estimate of drug-likeness (QED) is 0.670. The maximum atomic E-state index is 9.02. The third-order valence-electron chi connectivity index (χ3n) is 2.12. The van der Waals surface area contributed by atoms with Gasteiger partial charge in [0.05, 0.1) is 0 Å². The Labute approximate surface area is 73.0 Å². The first-order valence-corrected chi connectivity index (χ1v) is 4.24. The van der Waals surface area contributed by atoms with Crippen molar-refractivity contribution in [3.05, 3.63) is 29.8 Å². The molecule has 1 aromatic carbocycles. The first kappa shape index (κ1) is 9.07. The van der Waals surface area contributed by atoms with Crippen molar-refractivity contribution in [3.8, 4) is 0 Å². The van der Waals surface area contributed by atoms with Crippen LogP contribution >= 0.6 is 0 Å². The van der Waals surface area contributed by atoms with Crippen LogP contribution in [0.3, 0.4) is 0 Å². The minimum Gasteiger partial charge on any atom is -0.399 e. The van der Waals surface area contributed by atoms with Crippen molar-refractivity contribution >= 4 is 5.69 Å². The van der Waals surface area contributed by atoms with Crippen LogP contribution in [0.2, 0.25) is 0 Å². The summed E-state index contributed by atoms with van der Waals surface area (Å²) in [6.07, 6.45) is 0.959. The normalized spacial score (nSPS) is 12.8. The van der Waals surface area contributed by atoms with Crippen molar-refractivity contribution in [1.29, 1.82) is 0 Å². The van der Waals surface area contributed by atoms with E-state index in [2.05, 4.69) is 6.92 Å². The number of aliphatic hydroxyl groups excluding tert-OH is 1. The second-order valence-electron chi connectivity index (χ2n) is 2.95. The van der Waals surface area contributed by atoms with Gasteiger partial charge in [0.1, 0.15) is 0 Å². The van der Waals surface area contributed by atoms with Crippen LogP contribution in [0, 0.1) is 0 Å². The van der Waals surface area contributed by atoms with E-state index >= 15 is 0 Å². The summed E-state index contributed by atoms with van der Waals surface area (Å²) in [6.45, 7) is 2.28. The smallest absolute Gasteiger partial charge is 0.0499 e. The summed E-state index contributed by atoms with van der Waals surface area (Å²) in [7, 11) is 0. The molecule has 0 saturated heterocycles. The van der Waals surface area contributed by atoms with Crippen LogP contribution in [-0.4, -0.2) is 11.7 Å². The van der Waals surface area contributed by atoms with E-state index in [0.717, 1.165) is 17.7 Å². The van der Waals surface area contributed by atoms with Gasteiger partial charge in [-0.05, 0) is 24.1 Å². The zero-order valence-corrected chi connectivity index (χ0v) is 7.33. The molecule has 0 aliphatic heterocycles. The van der Waals surface area contributed by atoms with E-state index in [9.17, 15) is 0 Å². The van der Waals surface area contributed by atoms with Crippen LogP contribution in [0.15, 0.2) is 24.3 Å². The molecule has 1 unspecified atom stereocenters. The molecule has 2 nitrogen and oxygen atoms in total. The van der Waals surface area contributed by atoms with Gasteiger partial charge in [0.2, 0.25) is 0 Å². The van der Waals surface area contributed by atoms with Crippen molar-refractivity contribution in [3.63, 3.8) is 0 Å². The standard InChI is InChI=1S/C10H15NO/c1-2-8(7-12)9-3-5-10(11)6-4-9/h3-6,8,12H,2,7,11H2,1H3. The first-order valence-electron chi connectivity index (χ1n) is 4.24. The molecule has 0 heterocycles. The fourth-order valence-corrected chi connectivity index (χ4v) is 1.24. The number of nitrogen functional groups attached to an aromatic ring is 1. The molecule has 12 heavy (non-hydrogen) atoms. The van der Waals surface area contributed by atoms with E-state index in [0.29, 0.717) is 0 Å². The molecule has 0 fully saturated rings. The Morgan fingerprint density at radius 1 is 1.33 bits per heavy atom. The molecule has 1 rings (SSSR count). The molecule has 0 saturated carbocycles. The van der Waals surface area contributed by atoms with E-state index in [1.165, 1.54) is 0 Å². The van der Waals surface area contributed by atoms with E-state index in [1.54, 1.807) is 0 Å². The summed E-state index contributed by atoms with van der Waals surface area (Å²) in [5.41, 5.74) is 7.48. The van der Waals surface area contributed by atoms with Crippen molar-refractivity contribution in [2.75, 3.05) is 12.3 Å². The zero-order chi connectivity index (χ0) is 8.97. The highest BCUT2D eigenvalue weighted by Gasteiger charge is 2.06. The molecular formula is C10H15NO. The van der Waals surface area contributed by atoms with E-state index in [4.69, 9.17) is 10.8 Å². The Morgan fingerprint density at radius 2 is 1.92 bits per heavy atom. The zero-order valence-electron chi connectivity index (χ0n) is 7.33. The molecule has 1 aromatic rings. The van der Waals surface area contributed by atoms with Gasteiger partial charge in [-0.1, -0.05) is 19.1 Å². The second-order valence-corrected chi connectivity index (χ2v) is 2.95. The Kier molecular flexibility index (Phi) is 3.11. The SMILES string of the molecule is CCC(CO)c1ccc(N)cc1. The molecule has 0 amide bonds. The summed E-state index contributed by atoms with van der Waals surface area (Å²) in [4.78, 5) is 0. The number of hydrogen-bond acceptors (Lipinski definition) is 2. The Hall–Kier alpha value is -1.02. The Morgan fingerprint density at radius 3 is 2.33 bits per heavy atom. The highest BCUT2D eigenvalue weighted by Crippen LogP contribution is 2.19.